The normalized spacial score (nSPS) is 16.9. The summed E-state index contributed by atoms with van der Waals surface area (Å²) in [5.41, 5.74) is 1.34. The fraction of sp³-hybridized carbons (Fsp3) is 0.364. The van der Waals surface area contributed by atoms with Crippen LogP contribution in [-0.4, -0.2) is 69.0 Å². The van der Waals surface area contributed by atoms with E-state index in [9.17, 15) is 14.0 Å². The van der Waals surface area contributed by atoms with Gasteiger partial charge < -0.3 is 20.1 Å². The molecule has 9 nitrogen and oxygen atoms in total. The number of anilines is 2. The fourth-order valence-corrected chi connectivity index (χ4v) is 3.81. The van der Waals surface area contributed by atoms with Crippen LogP contribution in [0.5, 0.6) is 0 Å². The monoisotopic (exact) mass is 439 g/mol. The zero-order valence-electron chi connectivity index (χ0n) is 18.1. The number of rotatable bonds is 6. The SMILES string of the molecule is CN(C)CC=CC(=O)N1CCC[C@@H](n2c(=O)[nH]c3cnc(Nc4ccc(F)cc4)nc32)C1. The first-order chi connectivity index (χ1) is 15.4. The number of imidazole rings is 1. The topological polar surface area (TPSA) is 99.2 Å². The molecule has 4 rings (SSSR count). The Labute approximate surface area is 184 Å². The molecule has 0 saturated carbocycles. The first-order valence-corrected chi connectivity index (χ1v) is 10.5. The van der Waals surface area contributed by atoms with Gasteiger partial charge >= 0.3 is 5.69 Å². The number of amides is 1. The molecule has 0 spiro atoms. The summed E-state index contributed by atoms with van der Waals surface area (Å²) < 4.78 is 14.8. The molecule has 2 N–H and O–H groups in total. The first kappa shape index (κ1) is 21.7. The summed E-state index contributed by atoms with van der Waals surface area (Å²) in [6, 6.07) is 5.66. The minimum atomic E-state index is -0.334. The number of hydrogen-bond acceptors (Lipinski definition) is 6. The van der Waals surface area contributed by atoms with Crippen LogP contribution < -0.4 is 11.0 Å². The van der Waals surface area contributed by atoms with Crippen molar-refractivity contribution in [1.29, 1.82) is 0 Å². The van der Waals surface area contributed by atoms with Crippen molar-refractivity contribution in [3.05, 3.63) is 58.9 Å². The summed E-state index contributed by atoms with van der Waals surface area (Å²) >= 11 is 0. The van der Waals surface area contributed by atoms with Crippen LogP contribution in [0.25, 0.3) is 11.2 Å². The summed E-state index contributed by atoms with van der Waals surface area (Å²) in [5.74, 6) is -0.0932. The van der Waals surface area contributed by atoms with E-state index < -0.39 is 0 Å². The lowest BCUT2D eigenvalue weighted by Gasteiger charge is -2.32. The van der Waals surface area contributed by atoms with Crippen molar-refractivity contribution in [1.82, 2.24) is 29.3 Å². The average Bonchev–Trinajstić information content (AvgIpc) is 3.10. The predicted molar refractivity (Wildman–Crippen MR) is 120 cm³/mol. The standard InChI is InChI=1S/C22H26FN7O2/c1-28(2)11-4-6-19(31)29-12-3-5-17(14-29)30-20-18(26-22(30)32)13-24-21(27-20)25-16-9-7-15(23)8-10-16/h4,6-10,13,17H,3,5,11-12,14H2,1-2H3,(H,26,32)(H,24,25,27)/t17-/m1/s1. The van der Waals surface area contributed by atoms with Crippen molar-refractivity contribution in [2.24, 2.45) is 0 Å². The second-order valence-electron chi connectivity index (χ2n) is 8.11. The van der Waals surface area contributed by atoms with Crippen molar-refractivity contribution in [3.8, 4) is 0 Å². The van der Waals surface area contributed by atoms with Crippen LogP contribution in [0.15, 0.2) is 47.4 Å². The van der Waals surface area contributed by atoms with Gasteiger partial charge in [0.15, 0.2) is 5.65 Å². The number of fused-ring (bicyclic) bond motifs is 1. The van der Waals surface area contributed by atoms with E-state index in [1.165, 1.54) is 12.1 Å². The number of likely N-dealkylation sites (tertiary alicyclic amines) is 1. The molecule has 1 atom stereocenters. The number of aromatic nitrogens is 4. The number of halogens is 1. The van der Waals surface area contributed by atoms with Gasteiger partial charge in [0.25, 0.3) is 0 Å². The molecule has 3 heterocycles. The number of piperidine rings is 1. The number of nitrogens with zero attached hydrogens (tertiary/aromatic N) is 5. The molecular weight excluding hydrogens is 413 g/mol. The molecule has 0 aliphatic carbocycles. The van der Waals surface area contributed by atoms with Gasteiger partial charge in [-0.05, 0) is 51.2 Å². The maximum Gasteiger partial charge on any atom is 0.328 e. The van der Waals surface area contributed by atoms with Crippen LogP contribution in [0.3, 0.4) is 0 Å². The Morgan fingerprint density at radius 3 is 2.88 bits per heavy atom. The number of benzene rings is 1. The van der Waals surface area contributed by atoms with Gasteiger partial charge in [0, 0.05) is 31.4 Å². The van der Waals surface area contributed by atoms with Gasteiger partial charge in [-0.15, -0.1) is 0 Å². The molecule has 168 valence electrons. The lowest BCUT2D eigenvalue weighted by atomic mass is 10.1. The number of aromatic amines is 1. The van der Waals surface area contributed by atoms with Gasteiger partial charge in [0.2, 0.25) is 11.9 Å². The lowest BCUT2D eigenvalue weighted by Crippen LogP contribution is -2.42. The van der Waals surface area contributed by atoms with E-state index in [0.717, 1.165) is 12.8 Å². The molecule has 0 radical (unpaired) electrons. The van der Waals surface area contributed by atoms with Gasteiger partial charge in [-0.2, -0.15) is 4.98 Å². The van der Waals surface area contributed by atoms with Gasteiger partial charge in [-0.3, -0.25) is 9.36 Å². The molecule has 2 aromatic heterocycles. The molecule has 1 amide bonds. The number of carbonyl (C=O) groups is 1. The maximum absolute atomic E-state index is 13.2. The molecule has 32 heavy (non-hydrogen) atoms. The van der Waals surface area contributed by atoms with Crippen molar-refractivity contribution >= 4 is 28.7 Å². The van der Waals surface area contributed by atoms with Crippen LogP contribution in [0, 0.1) is 5.82 Å². The summed E-state index contributed by atoms with van der Waals surface area (Å²) in [5, 5.41) is 3.03. The van der Waals surface area contributed by atoms with E-state index in [0.29, 0.717) is 42.4 Å². The highest BCUT2D eigenvalue weighted by atomic mass is 19.1. The van der Waals surface area contributed by atoms with Crippen LogP contribution in [-0.2, 0) is 4.79 Å². The molecule has 10 heteroatoms. The number of H-pyrrole nitrogens is 1. The molecule has 1 aliphatic heterocycles. The second kappa shape index (κ2) is 9.31. The van der Waals surface area contributed by atoms with Crippen molar-refractivity contribution in [3.63, 3.8) is 0 Å². The molecule has 0 unspecified atom stereocenters. The minimum absolute atomic E-state index is 0.0577. The summed E-state index contributed by atoms with van der Waals surface area (Å²) in [6.07, 6.45) is 6.53. The largest absolute Gasteiger partial charge is 0.337 e. The van der Waals surface area contributed by atoms with Crippen LogP contribution >= 0.6 is 0 Å². The molecule has 0 bridgehead atoms. The summed E-state index contributed by atoms with van der Waals surface area (Å²) in [7, 11) is 3.88. The first-order valence-electron chi connectivity index (χ1n) is 10.5. The number of likely N-dealkylation sites (N-methyl/N-ethyl adjacent to an activating group) is 1. The third-order valence-electron chi connectivity index (χ3n) is 5.36. The second-order valence-corrected chi connectivity index (χ2v) is 8.11. The van der Waals surface area contributed by atoms with E-state index in [2.05, 4.69) is 20.3 Å². The van der Waals surface area contributed by atoms with Crippen molar-refractivity contribution in [2.45, 2.75) is 18.9 Å². The van der Waals surface area contributed by atoms with Crippen molar-refractivity contribution in [2.75, 3.05) is 39.0 Å². The van der Waals surface area contributed by atoms with E-state index in [4.69, 9.17) is 0 Å². The van der Waals surface area contributed by atoms with Crippen LogP contribution in [0.4, 0.5) is 16.0 Å². The molecular formula is C22H26FN7O2. The molecule has 1 aliphatic rings. The van der Waals surface area contributed by atoms with E-state index >= 15 is 0 Å². The highest BCUT2D eigenvalue weighted by molar-refractivity contribution is 5.87. The zero-order valence-corrected chi connectivity index (χ0v) is 18.1. The third-order valence-corrected chi connectivity index (χ3v) is 5.36. The number of carbonyl (C=O) groups excluding carboxylic acids is 1. The smallest absolute Gasteiger partial charge is 0.328 e. The summed E-state index contributed by atoms with van der Waals surface area (Å²) in [4.78, 5) is 40.6. The Balaban J connectivity index is 1.56. The van der Waals surface area contributed by atoms with Crippen LogP contribution in [0.1, 0.15) is 18.9 Å². The Kier molecular flexibility index (Phi) is 6.31. The van der Waals surface area contributed by atoms with Gasteiger partial charge in [0.05, 0.1) is 12.2 Å². The van der Waals surface area contributed by atoms with Crippen LogP contribution in [0.2, 0.25) is 0 Å². The van der Waals surface area contributed by atoms with E-state index in [1.54, 1.807) is 33.9 Å². The highest BCUT2D eigenvalue weighted by Gasteiger charge is 2.27. The van der Waals surface area contributed by atoms with Gasteiger partial charge in [-0.25, -0.2) is 14.2 Å². The number of hydrogen-bond donors (Lipinski definition) is 2. The third kappa shape index (κ3) is 4.86. The quantitative estimate of drug-likeness (QED) is 0.572. The zero-order chi connectivity index (χ0) is 22.7. The predicted octanol–water partition coefficient (Wildman–Crippen LogP) is 2.28. The Bertz CT molecular complexity index is 1180. The Morgan fingerprint density at radius 1 is 1.34 bits per heavy atom. The molecule has 1 fully saturated rings. The molecule has 1 saturated heterocycles. The minimum Gasteiger partial charge on any atom is -0.337 e. The number of nitrogens with one attached hydrogen (secondary N) is 2. The average molecular weight is 439 g/mol. The maximum atomic E-state index is 13.2. The van der Waals surface area contributed by atoms with E-state index in [-0.39, 0.29) is 23.5 Å². The van der Waals surface area contributed by atoms with E-state index in [1.807, 2.05) is 25.1 Å². The highest BCUT2D eigenvalue weighted by Crippen LogP contribution is 2.24. The lowest BCUT2D eigenvalue weighted by molar-refractivity contribution is -0.127. The molecule has 1 aromatic carbocycles. The molecule has 3 aromatic rings. The summed E-state index contributed by atoms with van der Waals surface area (Å²) in [6.45, 7) is 1.78. The van der Waals surface area contributed by atoms with Gasteiger partial charge in [-0.1, -0.05) is 6.08 Å². The van der Waals surface area contributed by atoms with Gasteiger partial charge in [0.1, 0.15) is 11.3 Å². The van der Waals surface area contributed by atoms with Crippen molar-refractivity contribution < 1.29 is 9.18 Å². The fourth-order valence-electron chi connectivity index (χ4n) is 3.81. The Morgan fingerprint density at radius 2 is 2.12 bits per heavy atom. The Hall–Kier alpha value is -3.53.